The molecule has 5 nitrogen and oxygen atoms in total. The Morgan fingerprint density at radius 1 is 1.14 bits per heavy atom. The number of hydrogen-bond donors (Lipinski definition) is 1. The smallest absolute Gasteiger partial charge is 0.254 e. The third-order valence-corrected chi connectivity index (χ3v) is 4.69. The molecule has 0 unspecified atom stereocenters. The van der Waals surface area contributed by atoms with Gasteiger partial charge in [0, 0.05) is 11.6 Å². The van der Waals surface area contributed by atoms with Gasteiger partial charge in [0.05, 0.1) is 29.7 Å². The molecule has 28 heavy (non-hydrogen) atoms. The lowest BCUT2D eigenvalue weighted by Crippen LogP contribution is -2.25. The zero-order valence-corrected chi connectivity index (χ0v) is 16.9. The average Bonchev–Trinajstić information content (AvgIpc) is 3.07. The van der Waals surface area contributed by atoms with Crippen LogP contribution in [0.2, 0.25) is 5.02 Å². The predicted octanol–water partition coefficient (Wildman–Crippen LogP) is 4.73. The highest BCUT2D eigenvalue weighted by atomic mass is 35.5. The van der Waals surface area contributed by atoms with Crippen LogP contribution in [0.5, 0.6) is 5.75 Å². The number of unbranched alkanes of at least 4 members (excludes halogenated alkanes) is 1. The lowest BCUT2D eigenvalue weighted by Gasteiger charge is -2.08. The van der Waals surface area contributed by atoms with Crippen LogP contribution in [0.15, 0.2) is 54.7 Å². The van der Waals surface area contributed by atoms with Gasteiger partial charge in [-0.25, -0.2) is 4.68 Å². The fourth-order valence-corrected chi connectivity index (χ4v) is 3.03. The number of carbonyl (C=O) groups is 1. The van der Waals surface area contributed by atoms with E-state index < -0.39 is 0 Å². The molecule has 0 aliphatic rings. The Balaban J connectivity index is 1.44. The molecular formula is C22H24ClN3O2. The highest BCUT2D eigenvalue weighted by Gasteiger charge is 2.14. The lowest BCUT2D eigenvalue weighted by atomic mass is 10.2. The molecular weight excluding hydrogens is 374 g/mol. The molecule has 146 valence electrons. The normalized spacial score (nSPS) is 10.7. The second kappa shape index (κ2) is 9.42. The maximum Gasteiger partial charge on any atom is 0.254 e. The van der Waals surface area contributed by atoms with Crippen molar-refractivity contribution < 1.29 is 9.53 Å². The molecule has 0 spiro atoms. The number of nitrogens with zero attached hydrogens (tertiary/aromatic N) is 2. The van der Waals surface area contributed by atoms with Crippen molar-refractivity contribution in [2.75, 3.05) is 13.2 Å². The Kier molecular flexibility index (Phi) is 6.71. The molecule has 2 aromatic carbocycles. The molecule has 1 amide bonds. The Labute approximate surface area is 170 Å². The quantitative estimate of drug-likeness (QED) is 0.559. The Bertz CT molecular complexity index is 935. The van der Waals surface area contributed by atoms with E-state index in [1.807, 2.05) is 56.3 Å². The molecule has 0 aliphatic heterocycles. The Morgan fingerprint density at radius 2 is 1.93 bits per heavy atom. The molecule has 1 N–H and O–H groups in total. The summed E-state index contributed by atoms with van der Waals surface area (Å²) in [7, 11) is 0. The van der Waals surface area contributed by atoms with Crippen molar-refractivity contribution in [2.24, 2.45) is 0 Å². The molecule has 0 fully saturated rings. The van der Waals surface area contributed by atoms with Crippen LogP contribution < -0.4 is 10.1 Å². The maximum atomic E-state index is 12.4. The van der Waals surface area contributed by atoms with Crippen molar-refractivity contribution in [1.82, 2.24) is 15.1 Å². The van der Waals surface area contributed by atoms with E-state index >= 15 is 0 Å². The van der Waals surface area contributed by atoms with Crippen molar-refractivity contribution in [3.8, 4) is 11.4 Å². The van der Waals surface area contributed by atoms with E-state index in [4.69, 9.17) is 16.3 Å². The topological polar surface area (TPSA) is 56.1 Å². The molecule has 0 aliphatic carbocycles. The molecule has 3 aromatic rings. The van der Waals surface area contributed by atoms with E-state index in [1.165, 1.54) is 5.56 Å². The predicted molar refractivity (Wildman–Crippen MR) is 112 cm³/mol. The minimum atomic E-state index is -0.120. The number of rotatable bonds is 8. The molecule has 0 atom stereocenters. The Hall–Kier alpha value is -2.79. The molecule has 3 rings (SSSR count). The Morgan fingerprint density at radius 3 is 2.68 bits per heavy atom. The van der Waals surface area contributed by atoms with E-state index in [2.05, 4.69) is 10.4 Å². The number of hydrogen-bond acceptors (Lipinski definition) is 3. The molecule has 1 heterocycles. The van der Waals surface area contributed by atoms with E-state index in [1.54, 1.807) is 16.9 Å². The zero-order chi connectivity index (χ0) is 19.9. The second-order valence-corrected chi connectivity index (χ2v) is 7.10. The zero-order valence-electron chi connectivity index (χ0n) is 16.1. The van der Waals surface area contributed by atoms with Gasteiger partial charge in [-0.15, -0.1) is 0 Å². The molecule has 0 saturated heterocycles. The van der Waals surface area contributed by atoms with Crippen LogP contribution in [-0.2, 0) is 0 Å². The number of amides is 1. The first-order valence-electron chi connectivity index (χ1n) is 9.33. The number of ether oxygens (including phenoxy) is 1. The molecule has 0 saturated carbocycles. The number of aromatic nitrogens is 2. The van der Waals surface area contributed by atoms with Crippen molar-refractivity contribution in [3.63, 3.8) is 0 Å². The fraction of sp³-hybridized carbons (Fsp3) is 0.273. The van der Waals surface area contributed by atoms with Gasteiger partial charge in [-0.2, -0.15) is 5.10 Å². The summed E-state index contributed by atoms with van der Waals surface area (Å²) in [6.45, 7) is 5.15. The van der Waals surface area contributed by atoms with Crippen LogP contribution in [0.25, 0.3) is 5.69 Å². The van der Waals surface area contributed by atoms with E-state index in [0.717, 1.165) is 30.0 Å². The second-order valence-electron chi connectivity index (χ2n) is 6.66. The number of aryl methyl sites for hydroxylation is 1. The number of carbonyl (C=O) groups excluding carboxylic acids is 1. The van der Waals surface area contributed by atoms with Crippen LogP contribution in [0.4, 0.5) is 0 Å². The standard InChI is InChI=1S/C22H24ClN3O2/c1-16-8-10-20(11-9-16)28-13-4-3-12-24-22(27)21-15-25-26(17(21)2)19-7-5-6-18(23)14-19/h5-11,14-15H,3-4,12-13H2,1-2H3,(H,24,27). The summed E-state index contributed by atoms with van der Waals surface area (Å²) in [6.07, 6.45) is 3.31. The van der Waals surface area contributed by atoms with Gasteiger partial charge in [0.15, 0.2) is 0 Å². The lowest BCUT2D eigenvalue weighted by molar-refractivity contribution is 0.0951. The van der Waals surface area contributed by atoms with Gasteiger partial charge in [0.25, 0.3) is 5.91 Å². The highest BCUT2D eigenvalue weighted by molar-refractivity contribution is 6.30. The SMILES string of the molecule is Cc1ccc(OCCCCNC(=O)c2cnn(-c3cccc(Cl)c3)c2C)cc1. The minimum Gasteiger partial charge on any atom is -0.494 e. The average molecular weight is 398 g/mol. The highest BCUT2D eigenvalue weighted by Crippen LogP contribution is 2.18. The van der Waals surface area contributed by atoms with Gasteiger partial charge in [-0.3, -0.25) is 4.79 Å². The summed E-state index contributed by atoms with van der Waals surface area (Å²) in [5.74, 6) is 0.754. The molecule has 0 radical (unpaired) electrons. The van der Waals surface area contributed by atoms with Crippen molar-refractivity contribution in [2.45, 2.75) is 26.7 Å². The molecule has 6 heteroatoms. The first kappa shape index (κ1) is 20.0. The van der Waals surface area contributed by atoms with E-state index in [-0.39, 0.29) is 5.91 Å². The largest absolute Gasteiger partial charge is 0.494 e. The van der Waals surface area contributed by atoms with Gasteiger partial charge in [-0.1, -0.05) is 35.4 Å². The van der Waals surface area contributed by atoms with Crippen LogP contribution in [-0.4, -0.2) is 28.8 Å². The monoisotopic (exact) mass is 397 g/mol. The van der Waals surface area contributed by atoms with Crippen LogP contribution >= 0.6 is 11.6 Å². The summed E-state index contributed by atoms with van der Waals surface area (Å²) in [6, 6.07) is 15.4. The summed E-state index contributed by atoms with van der Waals surface area (Å²) < 4.78 is 7.42. The third kappa shape index (κ3) is 5.14. The van der Waals surface area contributed by atoms with Gasteiger partial charge in [0.1, 0.15) is 5.75 Å². The molecule has 0 bridgehead atoms. The fourth-order valence-electron chi connectivity index (χ4n) is 2.85. The van der Waals surface area contributed by atoms with Crippen LogP contribution in [0.1, 0.15) is 34.5 Å². The number of benzene rings is 2. The van der Waals surface area contributed by atoms with Gasteiger partial charge >= 0.3 is 0 Å². The van der Waals surface area contributed by atoms with Gasteiger partial charge in [-0.05, 0) is 57.0 Å². The summed E-state index contributed by atoms with van der Waals surface area (Å²) >= 11 is 6.04. The maximum absolute atomic E-state index is 12.4. The summed E-state index contributed by atoms with van der Waals surface area (Å²) in [4.78, 5) is 12.4. The van der Waals surface area contributed by atoms with Crippen molar-refractivity contribution >= 4 is 17.5 Å². The number of halogens is 1. The number of nitrogens with one attached hydrogen (secondary N) is 1. The van der Waals surface area contributed by atoms with Crippen molar-refractivity contribution in [1.29, 1.82) is 0 Å². The summed E-state index contributed by atoms with van der Waals surface area (Å²) in [5, 5.41) is 7.90. The first-order chi connectivity index (χ1) is 13.5. The third-order valence-electron chi connectivity index (χ3n) is 4.45. The van der Waals surface area contributed by atoms with Gasteiger partial charge < -0.3 is 10.1 Å². The summed E-state index contributed by atoms with van der Waals surface area (Å²) in [5.41, 5.74) is 3.39. The van der Waals surface area contributed by atoms with Gasteiger partial charge in [0.2, 0.25) is 0 Å². The van der Waals surface area contributed by atoms with E-state index in [9.17, 15) is 4.79 Å². The van der Waals surface area contributed by atoms with Crippen LogP contribution in [0, 0.1) is 13.8 Å². The first-order valence-corrected chi connectivity index (χ1v) is 9.70. The van der Waals surface area contributed by atoms with E-state index in [0.29, 0.717) is 23.7 Å². The molecule has 1 aromatic heterocycles. The van der Waals surface area contributed by atoms with Crippen LogP contribution in [0.3, 0.4) is 0 Å². The minimum absolute atomic E-state index is 0.120. The van der Waals surface area contributed by atoms with Crippen molar-refractivity contribution in [3.05, 3.63) is 76.6 Å².